The van der Waals surface area contributed by atoms with Crippen LogP contribution in [0.15, 0.2) is 103 Å². The van der Waals surface area contributed by atoms with Gasteiger partial charge in [0.2, 0.25) is 5.91 Å². The number of rotatable bonds is 18. The number of nitrogens with one attached hydrogen (secondary N) is 1. The molecule has 1 amide bonds. The molecule has 0 radical (unpaired) electrons. The lowest BCUT2D eigenvalue weighted by atomic mass is 9.90. The quantitative estimate of drug-likeness (QED) is 0.110. The monoisotopic (exact) mass is 668 g/mol. The maximum atomic E-state index is 13.7. The summed E-state index contributed by atoms with van der Waals surface area (Å²) in [6.07, 6.45) is -3.76. The zero-order valence-corrected chi connectivity index (χ0v) is 26.9. The summed E-state index contributed by atoms with van der Waals surface area (Å²) < 4.78 is 52.2. The number of nitrogens with zero attached hydrogens (tertiary/aromatic N) is 1. The highest BCUT2D eigenvalue weighted by Crippen LogP contribution is 2.37. The van der Waals surface area contributed by atoms with Gasteiger partial charge in [0.25, 0.3) is 0 Å². The number of halogens is 4. The van der Waals surface area contributed by atoms with Crippen LogP contribution in [0, 0.1) is 0 Å². The van der Waals surface area contributed by atoms with Crippen LogP contribution in [0.2, 0.25) is 5.02 Å². The fourth-order valence-corrected chi connectivity index (χ4v) is 5.62. The van der Waals surface area contributed by atoms with Crippen LogP contribution in [0.1, 0.15) is 40.2 Å². The number of carbonyl (C=O) groups excluding carboxylic acids is 1. The van der Waals surface area contributed by atoms with E-state index in [0.717, 1.165) is 22.8 Å². The minimum Gasteiger partial charge on any atom is -0.494 e. The molecule has 250 valence electrons. The van der Waals surface area contributed by atoms with Crippen molar-refractivity contribution in [3.8, 4) is 5.75 Å². The van der Waals surface area contributed by atoms with Crippen LogP contribution in [0.3, 0.4) is 0 Å². The van der Waals surface area contributed by atoms with Gasteiger partial charge in [-0.15, -0.1) is 0 Å². The van der Waals surface area contributed by atoms with E-state index in [0.29, 0.717) is 50.6 Å². The van der Waals surface area contributed by atoms with E-state index < -0.39 is 11.7 Å². The van der Waals surface area contributed by atoms with Gasteiger partial charge in [0.1, 0.15) is 5.75 Å². The van der Waals surface area contributed by atoms with Crippen molar-refractivity contribution in [2.24, 2.45) is 0 Å². The molecule has 10 heteroatoms. The summed E-state index contributed by atoms with van der Waals surface area (Å²) in [5.41, 5.74) is 2.58. The smallest absolute Gasteiger partial charge is 0.417 e. The van der Waals surface area contributed by atoms with Crippen molar-refractivity contribution < 1.29 is 32.5 Å². The molecule has 47 heavy (non-hydrogen) atoms. The molecule has 0 aliphatic rings. The molecule has 2 N–H and O–H groups in total. The molecule has 0 saturated carbocycles. The number of benzene rings is 4. The van der Waals surface area contributed by atoms with Crippen molar-refractivity contribution in [2.75, 3.05) is 46.1 Å². The van der Waals surface area contributed by atoms with Gasteiger partial charge < -0.3 is 19.9 Å². The van der Waals surface area contributed by atoms with E-state index in [1.165, 1.54) is 6.07 Å². The van der Waals surface area contributed by atoms with Crippen LogP contribution in [-0.4, -0.2) is 62.0 Å². The van der Waals surface area contributed by atoms with Crippen LogP contribution in [0.5, 0.6) is 5.75 Å². The number of alkyl halides is 3. The van der Waals surface area contributed by atoms with Crippen molar-refractivity contribution in [1.29, 1.82) is 0 Å². The molecule has 6 nitrogen and oxygen atoms in total. The number of hydrogen-bond donors (Lipinski definition) is 2. The molecule has 0 heterocycles. The Morgan fingerprint density at radius 3 is 2.21 bits per heavy atom. The lowest BCUT2D eigenvalue weighted by Gasteiger charge is -2.29. The van der Waals surface area contributed by atoms with Crippen LogP contribution in [0.4, 0.5) is 13.2 Å². The average Bonchev–Trinajstić information content (AvgIpc) is 3.06. The normalized spacial score (nSPS) is 11.6. The zero-order valence-electron chi connectivity index (χ0n) is 26.1. The molecule has 0 unspecified atom stereocenters. The van der Waals surface area contributed by atoms with E-state index in [1.54, 1.807) is 6.07 Å². The summed E-state index contributed by atoms with van der Waals surface area (Å²) in [4.78, 5) is 14.4. The van der Waals surface area contributed by atoms with E-state index >= 15 is 0 Å². The van der Waals surface area contributed by atoms with Gasteiger partial charge in [-0.05, 0) is 46.9 Å². The first kappa shape index (κ1) is 36.0. The Hall–Kier alpha value is -3.89. The van der Waals surface area contributed by atoms with Gasteiger partial charge in [0.05, 0.1) is 43.4 Å². The number of carbonyl (C=O) groups is 1. The van der Waals surface area contributed by atoms with Crippen molar-refractivity contribution in [2.45, 2.75) is 31.5 Å². The van der Waals surface area contributed by atoms with Crippen molar-refractivity contribution in [3.05, 3.63) is 136 Å². The van der Waals surface area contributed by atoms with E-state index in [9.17, 15) is 18.0 Å². The van der Waals surface area contributed by atoms with Crippen LogP contribution in [0.25, 0.3) is 0 Å². The Morgan fingerprint density at radius 1 is 0.872 bits per heavy atom. The Morgan fingerprint density at radius 2 is 1.55 bits per heavy atom. The first-order chi connectivity index (χ1) is 22.7. The number of aliphatic hydroxyl groups is 1. The fraction of sp³-hybridized carbons (Fsp3) is 0.324. The highest BCUT2D eigenvalue weighted by atomic mass is 35.5. The predicted octanol–water partition coefficient (Wildman–Crippen LogP) is 7.13. The second-order valence-electron chi connectivity index (χ2n) is 11.1. The van der Waals surface area contributed by atoms with Gasteiger partial charge in [-0.2, -0.15) is 13.2 Å². The lowest BCUT2D eigenvalue weighted by molar-refractivity contribution is -0.137. The van der Waals surface area contributed by atoms with Crippen molar-refractivity contribution in [1.82, 2.24) is 10.2 Å². The van der Waals surface area contributed by atoms with Crippen LogP contribution in [-0.2, 0) is 28.7 Å². The molecule has 4 rings (SSSR count). The molecular weight excluding hydrogens is 629 g/mol. The first-order valence-corrected chi connectivity index (χ1v) is 16.0. The van der Waals surface area contributed by atoms with Gasteiger partial charge in [0, 0.05) is 32.1 Å². The maximum Gasteiger partial charge on any atom is 0.417 e. The molecule has 0 spiro atoms. The first-order valence-electron chi connectivity index (χ1n) is 15.6. The summed E-state index contributed by atoms with van der Waals surface area (Å²) >= 11 is 6.33. The number of amides is 1. The molecule has 0 saturated heterocycles. The molecule has 0 aliphatic carbocycles. The van der Waals surface area contributed by atoms with Crippen molar-refractivity contribution in [3.63, 3.8) is 0 Å². The highest BCUT2D eigenvalue weighted by Gasteiger charge is 2.34. The molecule has 0 aromatic heterocycles. The van der Waals surface area contributed by atoms with Crippen molar-refractivity contribution >= 4 is 17.5 Å². The lowest BCUT2D eigenvalue weighted by Crippen LogP contribution is -2.31. The van der Waals surface area contributed by atoms with Gasteiger partial charge in [-0.25, -0.2) is 0 Å². The Kier molecular flexibility index (Phi) is 14.1. The number of aliphatic hydroxyl groups excluding tert-OH is 1. The molecule has 0 aliphatic heterocycles. The van der Waals surface area contributed by atoms with E-state index in [-0.39, 0.29) is 43.0 Å². The fourth-order valence-electron chi connectivity index (χ4n) is 5.33. The molecule has 0 bridgehead atoms. The summed E-state index contributed by atoms with van der Waals surface area (Å²) in [6.45, 7) is 2.54. The molecule has 4 aromatic rings. The standard InChI is InChI=1S/C37H40ClF3N2O4/c38-36-31(15-8-17-34(36)37(39,40)41)26-43(27-33(29-11-3-1-4-12-29)30-13-5-2-6-14-30)19-9-21-47-32-16-7-10-28(24-32)25-35(45)42-18-22-46-23-20-44/h1-8,10-17,24,33,44H,9,18-23,25-27H2,(H,42,45). The SMILES string of the molecule is O=C(Cc1cccc(OCCCN(Cc2cccc(C(F)(F)F)c2Cl)CC(c2ccccc2)c2ccccc2)c1)NCCOCCO. The van der Waals surface area contributed by atoms with Gasteiger partial charge in [0.15, 0.2) is 0 Å². The van der Waals surface area contributed by atoms with E-state index in [4.69, 9.17) is 26.2 Å². The number of ether oxygens (including phenoxy) is 2. The largest absolute Gasteiger partial charge is 0.494 e. The average molecular weight is 669 g/mol. The van der Waals surface area contributed by atoms with E-state index in [1.807, 2.05) is 60.7 Å². The van der Waals surface area contributed by atoms with Gasteiger partial charge in [-0.1, -0.05) is 96.5 Å². The molecular formula is C37H40ClF3N2O4. The maximum absolute atomic E-state index is 13.7. The summed E-state index contributed by atoms with van der Waals surface area (Å²) in [5.74, 6) is 0.456. The zero-order chi connectivity index (χ0) is 33.5. The summed E-state index contributed by atoms with van der Waals surface area (Å²) in [5, 5.41) is 11.3. The predicted molar refractivity (Wildman–Crippen MR) is 178 cm³/mol. The summed E-state index contributed by atoms with van der Waals surface area (Å²) in [6, 6.07) is 31.5. The minimum absolute atomic E-state index is 0.0213. The summed E-state index contributed by atoms with van der Waals surface area (Å²) in [7, 11) is 0. The third kappa shape index (κ3) is 11.7. The second-order valence-corrected chi connectivity index (χ2v) is 11.5. The molecule has 0 atom stereocenters. The second kappa shape index (κ2) is 18.4. The highest BCUT2D eigenvalue weighted by molar-refractivity contribution is 6.32. The Balaban J connectivity index is 1.43. The Labute approximate surface area is 279 Å². The third-order valence-corrected chi connectivity index (χ3v) is 8.02. The van der Waals surface area contributed by atoms with Crippen LogP contribution < -0.4 is 10.1 Å². The minimum atomic E-state index is -4.55. The topological polar surface area (TPSA) is 71.0 Å². The molecule has 4 aromatic carbocycles. The third-order valence-electron chi connectivity index (χ3n) is 7.58. The van der Waals surface area contributed by atoms with Gasteiger partial charge in [-0.3, -0.25) is 9.69 Å². The van der Waals surface area contributed by atoms with E-state index in [2.05, 4.69) is 34.5 Å². The Bertz CT molecular complexity index is 1480. The molecule has 0 fully saturated rings. The number of hydrogen-bond acceptors (Lipinski definition) is 5. The van der Waals surface area contributed by atoms with Crippen LogP contribution >= 0.6 is 11.6 Å². The van der Waals surface area contributed by atoms with Gasteiger partial charge >= 0.3 is 6.18 Å².